The number of ether oxygens (including phenoxy) is 3. The van der Waals surface area contributed by atoms with E-state index in [1.807, 2.05) is 24.3 Å². The van der Waals surface area contributed by atoms with Crippen molar-refractivity contribution in [1.82, 2.24) is 0 Å². The largest absolute Gasteiger partial charge is 0.490 e. The number of halogens is 1. The van der Waals surface area contributed by atoms with Crippen molar-refractivity contribution in [3.63, 3.8) is 0 Å². The van der Waals surface area contributed by atoms with E-state index in [2.05, 4.69) is 13.8 Å². The molecule has 3 aromatic rings. The Bertz CT molecular complexity index is 1080. The Kier molecular flexibility index (Phi) is 6.68. The second-order valence-corrected chi connectivity index (χ2v) is 8.02. The fourth-order valence-corrected chi connectivity index (χ4v) is 3.61. The van der Waals surface area contributed by atoms with Gasteiger partial charge in [-0.1, -0.05) is 57.0 Å². The van der Waals surface area contributed by atoms with Crippen molar-refractivity contribution in [3.8, 4) is 17.1 Å². The lowest BCUT2D eigenvalue weighted by Crippen LogP contribution is -2.24. The molecule has 4 rings (SSSR count). The summed E-state index contributed by atoms with van der Waals surface area (Å²) in [4.78, 5) is 12.6. The highest BCUT2D eigenvalue weighted by molar-refractivity contribution is 5.86. The maximum Gasteiger partial charge on any atom is 0.347 e. The highest BCUT2D eigenvalue weighted by atomic mass is 19.1. The molecule has 0 bridgehead atoms. The molecule has 1 aromatic heterocycles. The third-order valence-corrected chi connectivity index (χ3v) is 5.37. The van der Waals surface area contributed by atoms with Crippen molar-refractivity contribution in [2.45, 2.75) is 39.4 Å². The van der Waals surface area contributed by atoms with Crippen molar-refractivity contribution < 1.29 is 23.0 Å². The summed E-state index contributed by atoms with van der Waals surface area (Å²) < 4.78 is 37.2. The average molecular weight is 426 g/mol. The Hall–Kier alpha value is -2.70. The third kappa shape index (κ3) is 4.81. The van der Waals surface area contributed by atoms with E-state index in [0.717, 1.165) is 24.8 Å². The van der Waals surface area contributed by atoms with E-state index in [1.54, 1.807) is 18.2 Å². The minimum Gasteiger partial charge on any atom is -0.490 e. The first kappa shape index (κ1) is 21.5. The SMILES string of the molecule is CCCCCOc1ccc2cc(-c3ccc(C4OCC(C)CO4)cc3)oc(=O)c2c1F. The summed E-state index contributed by atoms with van der Waals surface area (Å²) in [6.45, 7) is 5.89. The molecule has 1 saturated heterocycles. The monoisotopic (exact) mass is 426 g/mol. The van der Waals surface area contributed by atoms with Crippen molar-refractivity contribution in [2.75, 3.05) is 19.8 Å². The summed E-state index contributed by atoms with van der Waals surface area (Å²) in [5.74, 6) is 0.157. The summed E-state index contributed by atoms with van der Waals surface area (Å²) in [5.41, 5.74) is 0.892. The van der Waals surface area contributed by atoms with E-state index in [9.17, 15) is 9.18 Å². The molecule has 1 aliphatic heterocycles. The molecule has 2 heterocycles. The van der Waals surface area contributed by atoms with Crippen LogP contribution in [0.25, 0.3) is 22.1 Å². The third-order valence-electron chi connectivity index (χ3n) is 5.37. The molecule has 0 amide bonds. The van der Waals surface area contributed by atoms with Gasteiger partial charge in [-0.2, -0.15) is 0 Å². The van der Waals surface area contributed by atoms with E-state index in [4.69, 9.17) is 18.6 Å². The molecular weight excluding hydrogens is 399 g/mol. The minimum atomic E-state index is -0.721. The first-order valence-corrected chi connectivity index (χ1v) is 10.8. The molecule has 0 unspecified atom stereocenters. The van der Waals surface area contributed by atoms with Crippen LogP contribution in [0.1, 0.15) is 45.0 Å². The van der Waals surface area contributed by atoms with Crippen molar-refractivity contribution in [1.29, 1.82) is 0 Å². The topological polar surface area (TPSA) is 57.9 Å². The summed E-state index contributed by atoms with van der Waals surface area (Å²) in [6.07, 6.45) is 2.51. The van der Waals surface area contributed by atoms with Crippen LogP contribution < -0.4 is 10.4 Å². The molecule has 31 heavy (non-hydrogen) atoms. The molecule has 2 aromatic carbocycles. The molecule has 0 N–H and O–H groups in total. The quantitative estimate of drug-likeness (QED) is 0.444. The molecule has 0 radical (unpaired) electrons. The van der Waals surface area contributed by atoms with Crippen molar-refractivity contribution in [3.05, 3.63) is 64.3 Å². The van der Waals surface area contributed by atoms with Gasteiger partial charge in [-0.05, 0) is 23.9 Å². The molecule has 0 spiro atoms. The summed E-state index contributed by atoms with van der Waals surface area (Å²) >= 11 is 0. The second-order valence-electron chi connectivity index (χ2n) is 8.02. The Labute approximate surface area is 180 Å². The van der Waals surface area contributed by atoms with Crippen LogP contribution in [-0.4, -0.2) is 19.8 Å². The molecule has 6 heteroatoms. The highest BCUT2D eigenvalue weighted by Gasteiger charge is 2.21. The standard InChI is InChI=1S/C25H27FO5/c1-3-4-5-12-28-20-11-10-19-13-21(31-24(27)22(19)23(20)26)17-6-8-18(9-7-17)25-29-14-16(2)15-30-25/h6-11,13,16,25H,3-5,12,14-15H2,1-2H3. The average Bonchev–Trinajstić information content (AvgIpc) is 2.78. The van der Waals surface area contributed by atoms with Gasteiger partial charge in [-0.25, -0.2) is 9.18 Å². The fraction of sp³-hybridized carbons (Fsp3) is 0.400. The normalized spacial score (nSPS) is 18.9. The van der Waals surface area contributed by atoms with Gasteiger partial charge in [0.2, 0.25) is 0 Å². The van der Waals surface area contributed by atoms with Crippen LogP contribution in [0.3, 0.4) is 0 Å². The molecule has 1 fully saturated rings. The minimum absolute atomic E-state index is 0.0785. The Morgan fingerprint density at radius 2 is 1.81 bits per heavy atom. The van der Waals surface area contributed by atoms with Crippen LogP contribution in [0.4, 0.5) is 4.39 Å². The lowest BCUT2D eigenvalue weighted by Gasteiger charge is -2.27. The van der Waals surface area contributed by atoms with Gasteiger partial charge >= 0.3 is 5.63 Å². The molecular formula is C25H27FO5. The Balaban J connectivity index is 1.57. The van der Waals surface area contributed by atoms with E-state index in [0.29, 0.717) is 42.4 Å². The van der Waals surface area contributed by atoms with Gasteiger partial charge < -0.3 is 18.6 Å². The summed E-state index contributed by atoms with van der Waals surface area (Å²) in [5, 5.41) is 0.383. The van der Waals surface area contributed by atoms with Gasteiger partial charge in [-0.3, -0.25) is 0 Å². The molecule has 1 aliphatic rings. The Morgan fingerprint density at radius 3 is 2.52 bits per heavy atom. The van der Waals surface area contributed by atoms with E-state index < -0.39 is 17.7 Å². The van der Waals surface area contributed by atoms with Crippen LogP contribution >= 0.6 is 0 Å². The molecule has 0 atom stereocenters. The van der Waals surface area contributed by atoms with Gasteiger partial charge in [0.05, 0.1) is 19.8 Å². The van der Waals surface area contributed by atoms with Gasteiger partial charge in [0.25, 0.3) is 0 Å². The van der Waals surface area contributed by atoms with E-state index in [1.165, 1.54) is 0 Å². The zero-order chi connectivity index (χ0) is 21.8. The lowest BCUT2D eigenvalue weighted by atomic mass is 10.1. The van der Waals surface area contributed by atoms with Crippen molar-refractivity contribution in [2.24, 2.45) is 5.92 Å². The van der Waals surface area contributed by atoms with Crippen LogP contribution in [0, 0.1) is 11.7 Å². The smallest absolute Gasteiger partial charge is 0.347 e. The molecule has 0 saturated carbocycles. The first-order chi connectivity index (χ1) is 15.1. The zero-order valence-electron chi connectivity index (χ0n) is 17.9. The number of rotatable bonds is 7. The number of hydrogen-bond acceptors (Lipinski definition) is 5. The van der Waals surface area contributed by atoms with Crippen molar-refractivity contribution >= 4 is 10.8 Å². The van der Waals surface area contributed by atoms with Gasteiger partial charge in [0.15, 0.2) is 17.9 Å². The number of benzene rings is 2. The highest BCUT2D eigenvalue weighted by Crippen LogP contribution is 2.30. The fourth-order valence-electron chi connectivity index (χ4n) is 3.61. The Morgan fingerprint density at radius 1 is 1.06 bits per heavy atom. The summed E-state index contributed by atoms with van der Waals surface area (Å²) in [6, 6.07) is 12.4. The van der Waals surface area contributed by atoms with Crippen LogP contribution in [0.2, 0.25) is 0 Å². The molecule has 5 nitrogen and oxygen atoms in total. The maximum absolute atomic E-state index is 14.8. The molecule has 164 valence electrons. The van der Waals surface area contributed by atoms with Gasteiger partial charge in [-0.15, -0.1) is 0 Å². The first-order valence-electron chi connectivity index (χ1n) is 10.8. The summed E-state index contributed by atoms with van der Waals surface area (Å²) in [7, 11) is 0. The van der Waals surface area contributed by atoms with Crippen LogP contribution in [-0.2, 0) is 9.47 Å². The number of unbranched alkanes of at least 4 members (excludes halogenated alkanes) is 2. The molecule has 0 aliphatic carbocycles. The predicted molar refractivity (Wildman–Crippen MR) is 117 cm³/mol. The van der Waals surface area contributed by atoms with Gasteiger partial charge in [0.1, 0.15) is 11.1 Å². The maximum atomic E-state index is 14.8. The second kappa shape index (κ2) is 9.62. The lowest BCUT2D eigenvalue weighted by molar-refractivity contribution is -0.202. The van der Waals surface area contributed by atoms with E-state index >= 15 is 0 Å². The number of fused-ring (bicyclic) bond motifs is 1. The van der Waals surface area contributed by atoms with E-state index in [-0.39, 0.29) is 11.1 Å². The zero-order valence-corrected chi connectivity index (χ0v) is 17.9. The predicted octanol–water partition coefficient (Wildman–Crippen LogP) is 5.85. The number of hydrogen-bond donors (Lipinski definition) is 0. The van der Waals surface area contributed by atoms with Crippen LogP contribution in [0.5, 0.6) is 5.75 Å². The van der Waals surface area contributed by atoms with Crippen LogP contribution in [0.15, 0.2) is 51.7 Å². The van der Waals surface area contributed by atoms with Gasteiger partial charge in [0, 0.05) is 17.0 Å².